The maximum atomic E-state index is 13.0. The van der Waals surface area contributed by atoms with Crippen LogP contribution in [-0.2, 0) is 18.3 Å². The van der Waals surface area contributed by atoms with Gasteiger partial charge in [0.25, 0.3) is 0 Å². The SMILES string of the molecule is COc1ccc2nnc(C3CCN(C(=O)Cc4cn(C)c5ccccc45)CC3)n2n1. The molecular weight excluding hydrogens is 380 g/mol. The number of methoxy groups -OCH3 is 1. The molecule has 5 rings (SSSR count). The van der Waals surface area contributed by atoms with Crippen LogP contribution in [0.15, 0.2) is 42.6 Å². The molecule has 1 amide bonds. The Bertz CT molecular complexity index is 1220. The van der Waals surface area contributed by atoms with Gasteiger partial charge in [-0.15, -0.1) is 15.3 Å². The Kier molecular flexibility index (Phi) is 4.61. The average molecular weight is 404 g/mol. The van der Waals surface area contributed by atoms with Crippen LogP contribution >= 0.6 is 0 Å². The smallest absolute Gasteiger partial charge is 0.231 e. The molecule has 30 heavy (non-hydrogen) atoms. The van der Waals surface area contributed by atoms with Gasteiger partial charge in [0.15, 0.2) is 11.5 Å². The lowest BCUT2D eigenvalue weighted by Gasteiger charge is -2.31. The first-order chi connectivity index (χ1) is 14.6. The zero-order valence-corrected chi connectivity index (χ0v) is 17.2. The van der Waals surface area contributed by atoms with E-state index in [1.165, 1.54) is 0 Å². The fourth-order valence-electron chi connectivity index (χ4n) is 4.38. The van der Waals surface area contributed by atoms with Crippen LogP contribution in [-0.4, -0.2) is 55.4 Å². The number of aromatic nitrogens is 5. The summed E-state index contributed by atoms with van der Waals surface area (Å²) < 4.78 is 9.08. The molecule has 0 N–H and O–H groups in total. The summed E-state index contributed by atoms with van der Waals surface area (Å²) in [6.07, 6.45) is 4.19. The van der Waals surface area contributed by atoms with Gasteiger partial charge in [-0.05, 0) is 30.5 Å². The van der Waals surface area contributed by atoms with Gasteiger partial charge < -0.3 is 14.2 Å². The highest BCUT2D eigenvalue weighted by atomic mass is 16.5. The van der Waals surface area contributed by atoms with Crippen LogP contribution < -0.4 is 4.74 Å². The molecular formula is C22H24N6O2. The quantitative estimate of drug-likeness (QED) is 0.522. The molecule has 154 valence electrons. The van der Waals surface area contributed by atoms with E-state index in [-0.39, 0.29) is 11.8 Å². The maximum Gasteiger partial charge on any atom is 0.231 e. The van der Waals surface area contributed by atoms with Crippen molar-refractivity contribution in [2.75, 3.05) is 20.2 Å². The third kappa shape index (κ3) is 3.18. The number of amides is 1. The van der Waals surface area contributed by atoms with E-state index < -0.39 is 0 Å². The highest BCUT2D eigenvalue weighted by Gasteiger charge is 2.28. The monoisotopic (exact) mass is 404 g/mol. The molecule has 1 aliphatic rings. The molecule has 1 saturated heterocycles. The van der Waals surface area contributed by atoms with Crippen LogP contribution in [0.4, 0.5) is 0 Å². The molecule has 1 aliphatic heterocycles. The number of hydrogen-bond acceptors (Lipinski definition) is 5. The Morgan fingerprint density at radius 3 is 2.73 bits per heavy atom. The molecule has 0 spiro atoms. The summed E-state index contributed by atoms with van der Waals surface area (Å²) in [4.78, 5) is 14.9. The summed E-state index contributed by atoms with van der Waals surface area (Å²) in [5.41, 5.74) is 2.95. The van der Waals surface area contributed by atoms with Crippen LogP contribution in [0.25, 0.3) is 16.6 Å². The van der Waals surface area contributed by atoms with Crippen LogP contribution in [0.1, 0.15) is 30.1 Å². The number of carbonyl (C=O) groups excluding carboxylic acids is 1. The van der Waals surface area contributed by atoms with Crippen molar-refractivity contribution in [2.45, 2.75) is 25.2 Å². The van der Waals surface area contributed by atoms with E-state index in [2.05, 4.69) is 38.2 Å². The maximum absolute atomic E-state index is 13.0. The molecule has 4 heterocycles. The second-order valence-electron chi connectivity index (χ2n) is 7.82. The standard InChI is InChI=1S/C22H24N6O2/c1-26-14-16(17-5-3-4-6-18(17)26)13-21(29)27-11-9-15(10-12-27)22-24-23-19-7-8-20(30-2)25-28(19)22/h3-8,14-15H,9-13H2,1-2H3. The van der Waals surface area contributed by atoms with E-state index in [0.29, 0.717) is 31.0 Å². The fraction of sp³-hybridized carbons (Fsp3) is 0.364. The number of nitrogens with zero attached hydrogens (tertiary/aromatic N) is 6. The van der Waals surface area contributed by atoms with Crippen LogP contribution in [0, 0.1) is 0 Å². The normalized spacial score (nSPS) is 15.2. The summed E-state index contributed by atoms with van der Waals surface area (Å²) >= 11 is 0. The van der Waals surface area contributed by atoms with Crippen molar-refractivity contribution < 1.29 is 9.53 Å². The van der Waals surface area contributed by atoms with E-state index in [1.807, 2.05) is 30.1 Å². The first kappa shape index (κ1) is 18.6. The van der Waals surface area contributed by atoms with Crippen molar-refractivity contribution in [3.05, 3.63) is 54.0 Å². The predicted molar refractivity (Wildman–Crippen MR) is 113 cm³/mol. The van der Waals surface area contributed by atoms with Gasteiger partial charge in [-0.25, -0.2) is 0 Å². The van der Waals surface area contributed by atoms with E-state index >= 15 is 0 Å². The largest absolute Gasteiger partial charge is 0.480 e. The van der Waals surface area contributed by atoms with E-state index in [9.17, 15) is 4.79 Å². The van der Waals surface area contributed by atoms with Crippen molar-refractivity contribution in [3.8, 4) is 5.88 Å². The molecule has 1 aromatic carbocycles. The summed E-state index contributed by atoms with van der Waals surface area (Å²) in [5.74, 6) is 1.77. The number of ether oxygens (including phenoxy) is 1. The van der Waals surface area contributed by atoms with E-state index in [1.54, 1.807) is 17.7 Å². The summed E-state index contributed by atoms with van der Waals surface area (Å²) in [6.45, 7) is 1.43. The van der Waals surface area contributed by atoms with E-state index in [0.717, 1.165) is 35.1 Å². The second-order valence-corrected chi connectivity index (χ2v) is 7.82. The number of likely N-dealkylation sites (tertiary alicyclic amines) is 1. The number of hydrogen-bond donors (Lipinski definition) is 0. The average Bonchev–Trinajstić information content (AvgIpc) is 3.34. The van der Waals surface area contributed by atoms with Gasteiger partial charge in [-0.1, -0.05) is 18.2 Å². The molecule has 0 unspecified atom stereocenters. The van der Waals surface area contributed by atoms with Crippen molar-refractivity contribution in [1.82, 2.24) is 29.3 Å². The Labute approximate surface area is 174 Å². The number of para-hydroxylation sites is 1. The molecule has 0 saturated carbocycles. The van der Waals surface area contributed by atoms with Crippen LogP contribution in [0.2, 0.25) is 0 Å². The number of aryl methyl sites for hydroxylation is 1. The first-order valence-corrected chi connectivity index (χ1v) is 10.2. The van der Waals surface area contributed by atoms with Crippen molar-refractivity contribution in [3.63, 3.8) is 0 Å². The summed E-state index contributed by atoms with van der Waals surface area (Å²) in [5, 5.41) is 14.2. The minimum Gasteiger partial charge on any atom is -0.480 e. The lowest BCUT2D eigenvalue weighted by atomic mass is 9.95. The second kappa shape index (κ2) is 7.44. The predicted octanol–water partition coefficient (Wildman–Crippen LogP) is 2.57. The third-order valence-electron chi connectivity index (χ3n) is 6.01. The van der Waals surface area contributed by atoms with Gasteiger partial charge in [-0.3, -0.25) is 4.79 Å². The van der Waals surface area contributed by atoms with E-state index in [4.69, 9.17) is 4.74 Å². The van der Waals surface area contributed by atoms with Gasteiger partial charge >= 0.3 is 0 Å². The molecule has 8 nitrogen and oxygen atoms in total. The molecule has 4 aromatic rings. The topological polar surface area (TPSA) is 77.6 Å². The number of rotatable bonds is 4. The molecule has 3 aromatic heterocycles. The Balaban J connectivity index is 1.28. The highest BCUT2D eigenvalue weighted by molar-refractivity contribution is 5.89. The van der Waals surface area contributed by atoms with Crippen LogP contribution in [0.5, 0.6) is 5.88 Å². The number of benzene rings is 1. The zero-order chi connectivity index (χ0) is 20.7. The lowest BCUT2D eigenvalue weighted by Crippen LogP contribution is -2.39. The minimum absolute atomic E-state index is 0.177. The molecule has 8 heteroatoms. The van der Waals surface area contributed by atoms with Gasteiger partial charge in [0.2, 0.25) is 11.8 Å². The summed E-state index contributed by atoms with van der Waals surface area (Å²) in [7, 11) is 3.62. The molecule has 0 radical (unpaired) electrons. The van der Waals surface area contributed by atoms with Gasteiger partial charge in [0, 0.05) is 49.2 Å². The van der Waals surface area contributed by atoms with Crippen molar-refractivity contribution in [2.24, 2.45) is 7.05 Å². The first-order valence-electron chi connectivity index (χ1n) is 10.2. The Morgan fingerprint density at radius 1 is 1.13 bits per heavy atom. The number of carbonyl (C=O) groups is 1. The van der Waals surface area contributed by atoms with Gasteiger partial charge in [0.05, 0.1) is 13.5 Å². The van der Waals surface area contributed by atoms with Crippen molar-refractivity contribution >= 4 is 22.5 Å². The van der Waals surface area contributed by atoms with Crippen LogP contribution in [0.3, 0.4) is 0 Å². The fourth-order valence-corrected chi connectivity index (χ4v) is 4.38. The van der Waals surface area contributed by atoms with Gasteiger partial charge in [0.1, 0.15) is 0 Å². The highest BCUT2D eigenvalue weighted by Crippen LogP contribution is 2.28. The third-order valence-corrected chi connectivity index (χ3v) is 6.01. The Morgan fingerprint density at radius 2 is 1.93 bits per heavy atom. The van der Waals surface area contributed by atoms with Crippen molar-refractivity contribution in [1.29, 1.82) is 0 Å². The zero-order valence-electron chi connectivity index (χ0n) is 17.2. The van der Waals surface area contributed by atoms with Gasteiger partial charge in [-0.2, -0.15) is 4.52 Å². The minimum atomic E-state index is 0.177. The molecule has 0 aliphatic carbocycles. The molecule has 0 atom stereocenters. The summed E-state index contributed by atoms with van der Waals surface area (Å²) in [6, 6.07) is 11.8. The molecule has 1 fully saturated rings. The number of fused-ring (bicyclic) bond motifs is 2. The number of piperidine rings is 1. The molecule has 0 bridgehead atoms. The lowest BCUT2D eigenvalue weighted by molar-refractivity contribution is -0.131. The Hall–Kier alpha value is -3.42.